The van der Waals surface area contributed by atoms with Gasteiger partial charge in [-0.05, 0) is 24.8 Å². The second kappa shape index (κ2) is 5.09. The summed E-state index contributed by atoms with van der Waals surface area (Å²) < 4.78 is 0. The number of hydrogen-bond donors (Lipinski definition) is 1. The number of anilines is 1. The molecule has 6 heteroatoms. The van der Waals surface area contributed by atoms with E-state index in [4.69, 9.17) is 5.11 Å². The van der Waals surface area contributed by atoms with Crippen LogP contribution in [0.3, 0.4) is 0 Å². The van der Waals surface area contributed by atoms with Crippen molar-refractivity contribution < 1.29 is 10.0 Å². The highest BCUT2D eigenvalue weighted by Gasteiger charge is 2.25. The molecule has 1 aromatic rings. The summed E-state index contributed by atoms with van der Waals surface area (Å²) >= 11 is 0. The smallest absolute Gasteiger partial charge is 0.311 e. The molecule has 0 saturated carbocycles. The Balaban J connectivity index is 2.24. The molecule has 1 aromatic heterocycles. The summed E-state index contributed by atoms with van der Waals surface area (Å²) in [6, 6.07) is 3.03. The monoisotopic (exact) mass is 237 g/mol. The number of hydrogen-bond acceptors (Lipinski definition) is 5. The number of nitro groups is 1. The molecule has 1 saturated heterocycles. The van der Waals surface area contributed by atoms with Gasteiger partial charge < -0.3 is 10.0 Å². The molecular formula is C11H15N3O3. The van der Waals surface area contributed by atoms with Gasteiger partial charge in [-0.25, -0.2) is 4.98 Å². The van der Waals surface area contributed by atoms with Crippen molar-refractivity contribution in [1.29, 1.82) is 0 Å². The predicted octanol–water partition coefficient (Wildman–Crippen LogP) is 1.20. The minimum atomic E-state index is -0.412. The van der Waals surface area contributed by atoms with Crippen LogP contribution in [0, 0.1) is 16.0 Å². The van der Waals surface area contributed by atoms with Crippen LogP contribution in [0.4, 0.5) is 11.5 Å². The van der Waals surface area contributed by atoms with Crippen molar-refractivity contribution in [2.24, 2.45) is 5.92 Å². The van der Waals surface area contributed by atoms with Crippen LogP contribution in [0.15, 0.2) is 18.3 Å². The summed E-state index contributed by atoms with van der Waals surface area (Å²) in [6.07, 6.45) is 3.46. The fourth-order valence-electron chi connectivity index (χ4n) is 2.18. The average Bonchev–Trinajstić information content (AvgIpc) is 2.39. The van der Waals surface area contributed by atoms with Crippen molar-refractivity contribution in [2.45, 2.75) is 12.8 Å². The van der Waals surface area contributed by atoms with Gasteiger partial charge >= 0.3 is 5.69 Å². The van der Waals surface area contributed by atoms with Gasteiger partial charge in [0.1, 0.15) is 0 Å². The molecule has 0 amide bonds. The topological polar surface area (TPSA) is 79.5 Å². The summed E-state index contributed by atoms with van der Waals surface area (Å²) in [5.41, 5.74) is 0.0334. The van der Waals surface area contributed by atoms with E-state index < -0.39 is 4.92 Å². The molecule has 0 radical (unpaired) electrons. The van der Waals surface area contributed by atoms with E-state index in [1.54, 1.807) is 12.3 Å². The lowest BCUT2D eigenvalue weighted by molar-refractivity contribution is -0.384. The van der Waals surface area contributed by atoms with Gasteiger partial charge in [0, 0.05) is 32.0 Å². The zero-order valence-electron chi connectivity index (χ0n) is 9.45. The Hall–Kier alpha value is -1.69. The second-order valence-corrected chi connectivity index (χ2v) is 4.24. The first-order chi connectivity index (χ1) is 8.22. The average molecular weight is 237 g/mol. The quantitative estimate of drug-likeness (QED) is 0.631. The zero-order chi connectivity index (χ0) is 12.3. The fraction of sp³-hybridized carbons (Fsp3) is 0.545. The van der Waals surface area contributed by atoms with E-state index in [9.17, 15) is 10.1 Å². The van der Waals surface area contributed by atoms with Gasteiger partial charge in [-0.15, -0.1) is 0 Å². The Morgan fingerprint density at radius 1 is 1.65 bits per heavy atom. The lowest BCUT2D eigenvalue weighted by Gasteiger charge is -2.32. The first-order valence-corrected chi connectivity index (χ1v) is 5.67. The SMILES string of the molecule is O=[N+]([O-])c1cccnc1N1CCC[C@H](CO)C1. The summed E-state index contributed by atoms with van der Waals surface area (Å²) in [7, 11) is 0. The van der Waals surface area contributed by atoms with Gasteiger partial charge in [0.25, 0.3) is 0 Å². The van der Waals surface area contributed by atoms with Crippen LogP contribution in [0.1, 0.15) is 12.8 Å². The highest BCUT2D eigenvalue weighted by atomic mass is 16.6. The molecule has 0 unspecified atom stereocenters. The van der Waals surface area contributed by atoms with Crippen LogP contribution >= 0.6 is 0 Å². The summed E-state index contributed by atoms with van der Waals surface area (Å²) in [4.78, 5) is 16.5. The minimum Gasteiger partial charge on any atom is -0.396 e. The zero-order valence-corrected chi connectivity index (χ0v) is 9.45. The number of nitrogens with zero attached hydrogens (tertiary/aromatic N) is 3. The number of aliphatic hydroxyl groups excluding tert-OH is 1. The Morgan fingerprint density at radius 3 is 3.18 bits per heavy atom. The van der Waals surface area contributed by atoms with Crippen molar-refractivity contribution in [2.75, 3.05) is 24.6 Å². The Labute approximate surface area is 99.0 Å². The van der Waals surface area contributed by atoms with Crippen LogP contribution < -0.4 is 4.90 Å². The molecule has 0 aromatic carbocycles. The number of rotatable bonds is 3. The third-order valence-corrected chi connectivity index (χ3v) is 3.04. The summed E-state index contributed by atoms with van der Waals surface area (Å²) in [5.74, 6) is 0.598. The highest BCUT2D eigenvalue weighted by Crippen LogP contribution is 2.28. The van der Waals surface area contributed by atoms with E-state index in [1.165, 1.54) is 6.07 Å². The van der Waals surface area contributed by atoms with E-state index in [0.717, 1.165) is 19.4 Å². The molecule has 17 heavy (non-hydrogen) atoms. The molecule has 1 fully saturated rings. The standard InChI is InChI=1S/C11H15N3O3/c15-8-9-3-2-6-13(7-9)11-10(14(16)17)4-1-5-12-11/h1,4-5,9,15H,2-3,6-8H2/t9-/m0/s1. The molecule has 2 heterocycles. The molecule has 2 rings (SSSR count). The van der Waals surface area contributed by atoms with Gasteiger partial charge in [0.15, 0.2) is 0 Å². The fourth-order valence-corrected chi connectivity index (χ4v) is 2.18. The van der Waals surface area contributed by atoms with Gasteiger partial charge in [0.05, 0.1) is 4.92 Å². The lowest BCUT2D eigenvalue weighted by atomic mass is 9.99. The molecule has 1 aliphatic heterocycles. The van der Waals surface area contributed by atoms with Crippen LogP contribution in [0.25, 0.3) is 0 Å². The molecular weight excluding hydrogens is 222 g/mol. The largest absolute Gasteiger partial charge is 0.396 e. The van der Waals surface area contributed by atoms with Gasteiger partial charge in [-0.3, -0.25) is 10.1 Å². The van der Waals surface area contributed by atoms with E-state index in [1.807, 2.05) is 4.90 Å². The van der Waals surface area contributed by atoms with Gasteiger partial charge in [-0.1, -0.05) is 0 Å². The highest BCUT2D eigenvalue weighted by molar-refractivity contribution is 5.57. The normalized spacial score (nSPS) is 20.3. The Morgan fingerprint density at radius 2 is 2.47 bits per heavy atom. The maximum Gasteiger partial charge on any atom is 0.311 e. The molecule has 92 valence electrons. The van der Waals surface area contributed by atoms with Crippen LogP contribution in [0.5, 0.6) is 0 Å². The maximum atomic E-state index is 10.9. The van der Waals surface area contributed by atoms with E-state index >= 15 is 0 Å². The summed E-state index contributed by atoms with van der Waals surface area (Å²) in [6.45, 7) is 1.51. The molecule has 1 atom stereocenters. The van der Waals surface area contributed by atoms with Crippen molar-refractivity contribution in [1.82, 2.24) is 4.98 Å². The number of aromatic nitrogens is 1. The van der Waals surface area contributed by atoms with Crippen molar-refractivity contribution >= 4 is 11.5 Å². The van der Waals surface area contributed by atoms with E-state index in [2.05, 4.69) is 4.98 Å². The van der Waals surface area contributed by atoms with Gasteiger partial charge in [-0.2, -0.15) is 0 Å². The molecule has 0 spiro atoms. The van der Waals surface area contributed by atoms with Crippen LogP contribution in [-0.2, 0) is 0 Å². The van der Waals surface area contributed by atoms with Crippen LogP contribution in [0.2, 0.25) is 0 Å². The maximum absolute atomic E-state index is 10.9. The van der Waals surface area contributed by atoms with Crippen molar-refractivity contribution in [3.63, 3.8) is 0 Å². The first kappa shape index (κ1) is 11.8. The molecule has 0 bridgehead atoms. The van der Waals surface area contributed by atoms with Gasteiger partial charge in [0.2, 0.25) is 5.82 Å². The van der Waals surface area contributed by atoms with E-state index in [-0.39, 0.29) is 18.2 Å². The Bertz CT molecular complexity index is 411. The molecule has 0 aliphatic carbocycles. The van der Waals surface area contributed by atoms with Crippen molar-refractivity contribution in [3.05, 3.63) is 28.4 Å². The third kappa shape index (κ3) is 2.52. The predicted molar refractivity (Wildman–Crippen MR) is 62.9 cm³/mol. The summed E-state index contributed by atoms with van der Waals surface area (Å²) in [5, 5.41) is 20.1. The lowest BCUT2D eigenvalue weighted by Crippen LogP contribution is -2.37. The number of pyridine rings is 1. The van der Waals surface area contributed by atoms with Crippen LogP contribution in [-0.4, -0.2) is 34.7 Å². The third-order valence-electron chi connectivity index (χ3n) is 3.04. The van der Waals surface area contributed by atoms with E-state index in [0.29, 0.717) is 12.4 Å². The first-order valence-electron chi connectivity index (χ1n) is 5.67. The minimum absolute atomic E-state index is 0.0334. The number of piperidine rings is 1. The van der Waals surface area contributed by atoms with Crippen molar-refractivity contribution in [3.8, 4) is 0 Å². The molecule has 1 N–H and O–H groups in total. The molecule has 6 nitrogen and oxygen atoms in total. The Kier molecular flexibility index (Phi) is 3.53. The second-order valence-electron chi connectivity index (χ2n) is 4.24. The molecule has 1 aliphatic rings. The number of aliphatic hydroxyl groups is 1.